The van der Waals surface area contributed by atoms with Crippen molar-refractivity contribution in [2.45, 2.75) is 121 Å². The Bertz CT molecular complexity index is 847. The maximum atomic E-state index is 12.5. The fourth-order valence-electron chi connectivity index (χ4n) is 4.81. The second-order valence-electron chi connectivity index (χ2n) is 10.3. The molecule has 7 nitrogen and oxygen atoms in total. The van der Waals surface area contributed by atoms with E-state index < -0.39 is 12.1 Å². The lowest BCUT2D eigenvalue weighted by atomic mass is 10.0. The summed E-state index contributed by atoms with van der Waals surface area (Å²) >= 11 is 3.67. The van der Waals surface area contributed by atoms with E-state index in [2.05, 4.69) is 6.92 Å². The number of phenolic OH excluding ortho intramolecular Hbond substituents is 1. The van der Waals surface area contributed by atoms with Crippen LogP contribution in [0.15, 0.2) is 12.1 Å². The van der Waals surface area contributed by atoms with Gasteiger partial charge in [0.2, 0.25) is 5.75 Å². The van der Waals surface area contributed by atoms with E-state index in [0.717, 1.165) is 49.2 Å². The summed E-state index contributed by atoms with van der Waals surface area (Å²) in [7, 11) is 3.01. The molecule has 0 aliphatic carbocycles. The van der Waals surface area contributed by atoms with Crippen LogP contribution in [0.4, 0.5) is 0 Å². The van der Waals surface area contributed by atoms with Gasteiger partial charge in [0.05, 0.1) is 31.0 Å². The number of rotatable bonds is 20. The molecule has 1 aromatic rings. The largest absolute Gasteiger partial charge is 0.502 e. The van der Waals surface area contributed by atoms with Crippen LogP contribution < -0.4 is 9.47 Å². The average Bonchev–Trinajstić information content (AvgIpc) is 2.97. The molecule has 0 aromatic heterocycles. The molecular weight excluding hydrogens is 560 g/mol. The van der Waals surface area contributed by atoms with Crippen molar-refractivity contribution in [3.63, 3.8) is 0 Å². The number of aromatic hydroxyl groups is 1. The fourth-order valence-corrected chi connectivity index (χ4v) is 8.26. The van der Waals surface area contributed by atoms with Crippen molar-refractivity contribution in [3.05, 3.63) is 17.7 Å². The molecule has 2 rings (SSSR count). The van der Waals surface area contributed by atoms with Gasteiger partial charge in [-0.15, -0.1) is 23.5 Å². The first kappa shape index (κ1) is 37.4. The highest BCUT2D eigenvalue weighted by molar-refractivity contribution is 8.18. The summed E-state index contributed by atoms with van der Waals surface area (Å²) in [6, 6.07) is 3.62. The van der Waals surface area contributed by atoms with Crippen molar-refractivity contribution >= 4 is 35.3 Å². The summed E-state index contributed by atoms with van der Waals surface area (Å²) in [5, 5.41) is 21.0. The summed E-state index contributed by atoms with van der Waals surface area (Å²) < 4.78 is 15.6. The monoisotopic (exact) mass is 614 g/mol. The Hall–Kier alpha value is -1.58. The predicted molar refractivity (Wildman–Crippen MR) is 172 cm³/mol. The van der Waals surface area contributed by atoms with Crippen molar-refractivity contribution in [1.29, 1.82) is 0 Å². The zero-order valence-corrected chi connectivity index (χ0v) is 27.6. The van der Waals surface area contributed by atoms with Gasteiger partial charge in [-0.1, -0.05) is 65.7 Å². The van der Waals surface area contributed by atoms with Gasteiger partial charge in [-0.3, -0.25) is 9.59 Å². The first-order chi connectivity index (χ1) is 19.8. The van der Waals surface area contributed by atoms with E-state index in [4.69, 9.17) is 14.2 Å². The number of aliphatic hydroxyl groups excluding tert-OH is 1. The minimum atomic E-state index is -0.819. The number of hydrogen-bond acceptors (Lipinski definition) is 9. The molecule has 0 amide bonds. The van der Waals surface area contributed by atoms with Crippen LogP contribution >= 0.6 is 23.5 Å². The van der Waals surface area contributed by atoms with Crippen LogP contribution in [0.1, 0.15) is 110 Å². The summed E-state index contributed by atoms with van der Waals surface area (Å²) in [6.07, 6.45) is 11.3. The highest BCUT2D eigenvalue weighted by Crippen LogP contribution is 2.49. The lowest BCUT2D eigenvalue weighted by molar-refractivity contribution is -0.146. The van der Waals surface area contributed by atoms with Gasteiger partial charge in [0.25, 0.3) is 0 Å². The third kappa shape index (κ3) is 14.9. The van der Waals surface area contributed by atoms with Crippen molar-refractivity contribution < 1.29 is 34.0 Å². The van der Waals surface area contributed by atoms with Crippen LogP contribution in [-0.4, -0.2) is 64.5 Å². The number of phenols is 1. The molecule has 1 heterocycles. The lowest BCUT2D eigenvalue weighted by Gasteiger charge is -2.37. The first-order valence-corrected chi connectivity index (χ1v) is 17.4. The van der Waals surface area contributed by atoms with E-state index in [1.54, 1.807) is 0 Å². The van der Waals surface area contributed by atoms with Crippen molar-refractivity contribution in [1.82, 2.24) is 0 Å². The second kappa shape index (κ2) is 22.0. The van der Waals surface area contributed by atoms with Crippen molar-refractivity contribution in [2.75, 3.05) is 32.3 Å². The predicted octanol–water partition coefficient (Wildman–Crippen LogP) is 7.72. The lowest BCUT2D eigenvalue weighted by Crippen LogP contribution is -2.32. The van der Waals surface area contributed by atoms with Gasteiger partial charge >= 0.3 is 5.97 Å². The molecular formula is C32H54O7S2. The van der Waals surface area contributed by atoms with E-state index in [9.17, 15) is 19.8 Å². The molecule has 1 fully saturated rings. The highest BCUT2D eigenvalue weighted by atomic mass is 32.2. The number of carbonyl (C=O) groups excluding carboxylic acids is 2. The summed E-state index contributed by atoms with van der Waals surface area (Å²) in [4.78, 5) is 24.6. The van der Waals surface area contributed by atoms with E-state index in [0.29, 0.717) is 30.9 Å². The SMILES string of the molecule is CC.CCCCCCCCCCOC(=O)CC(=O)CC(O)CC1(CCc2cc(OC)c(O)c(OC)c2)SCCCS1. The summed E-state index contributed by atoms with van der Waals surface area (Å²) in [5.74, 6) is 1.93. The van der Waals surface area contributed by atoms with Gasteiger partial charge in [0.15, 0.2) is 11.5 Å². The van der Waals surface area contributed by atoms with Crippen LogP contribution in [0, 0.1) is 0 Å². The topological polar surface area (TPSA) is 102 Å². The Labute approximate surface area is 256 Å². The number of hydrogen-bond donors (Lipinski definition) is 2. The molecule has 0 saturated carbocycles. The van der Waals surface area contributed by atoms with Gasteiger partial charge in [-0.05, 0) is 61.3 Å². The maximum absolute atomic E-state index is 12.5. The van der Waals surface area contributed by atoms with Crippen LogP contribution in [0.5, 0.6) is 17.2 Å². The number of esters is 1. The average molecular weight is 615 g/mol. The number of ketones is 1. The third-order valence-electron chi connectivity index (χ3n) is 6.97. The number of carbonyl (C=O) groups is 2. The molecule has 236 valence electrons. The maximum Gasteiger partial charge on any atom is 0.313 e. The molecule has 1 unspecified atom stereocenters. The number of benzene rings is 1. The Morgan fingerprint density at radius 1 is 0.951 bits per heavy atom. The van der Waals surface area contributed by atoms with E-state index in [1.165, 1.54) is 46.3 Å². The Kier molecular flexibility index (Phi) is 20.1. The van der Waals surface area contributed by atoms with E-state index in [-0.39, 0.29) is 28.5 Å². The zero-order chi connectivity index (χ0) is 30.5. The fraction of sp³-hybridized carbons (Fsp3) is 0.750. The van der Waals surface area contributed by atoms with Crippen LogP contribution in [-0.2, 0) is 20.7 Å². The minimum Gasteiger partial charge on any atom is -0.502 e. The third-order valence-corrected chi connectivity index (χ3v) is 10.5. The number of methoxy groups -OCH3 is 2. The molecule has 1 aliphatic heterocycles. The van der Waals surface area contributed by atoms with Crippen LogP contribution in [0.2, 0.25) is 0 Å². The Balaban J connectivity index is 0.00000411. The molecule has 9 heteroatoms. The molecule has 2 N–H and O–H groups in total. The molecule has 0 radical (unpaired) electrons. The zero-order valence-electron chi connectivity index (χ0n) is 26.0. The van der Waals surface area contributed by atoms with E-state index in [1.807, 2.05) is 49.5 Å². The Morgan fingerprint density at radius 3 is 2.07 bits per heavy atom. The number of Topliss-reactive ketones (excluding diaryl/α,β-unsaturated/α-hetero) is 1. The van der Waals surface area contributed by atoms with Gasteiger partial charge < -0.3 is 24.4 Å². The molecule has 0 bridgehead atoms. The minimum absolute atomic E-state index is 0.0230. The standard InChI is InChI=1S/C30H48O7S2.C2H6/c1-4-5-6-7-8-9-10-11-15-37-28(33)21-24(31)20-25(32)22-30(38-16-12-17-39-30)14-13-23-18-26(35-2)29(34)27(19-23)36-3;1-2/h18-19,25,32,34H,4-17,20-22H2,1-3H3;1-2H3. The molecule has 1 aliphatic rings. The first-order valence-electron chi connectivity index (χ1n) is 15.4. The summed E-state index contributed by atoms with van der Waals surface area (Å²) in [5.41, 5.74) is 0.970. The quantitative estimate of drug-likeness (QED) is 0.0868. The summed E-state index contributed by atoms with van der Waals surface area (Å²) in [6.45, 7) is 6.56. The second-order valence-corrected chi connectivity index (χ2v) is 13.5. The number of aliphatic hydroxyl groups is 1. The van der Waals surface area contributed by atoms with Gasteiger partial charge in [-0.25, -0.2) is 0 Å². The number of thioether (sulfide) groups is 2. The molecule has 1 saturated heterocycles. The molecule has 1 atom stereocenters. The molecule has 1 aromatic carbocycles. The number of aryl methyl sites for hydroxylation is 1. The van der Waals surface area contributed by atoms with Crippen molar-refractivity contribution in [2.24, 2.45) is 0 Å². The van der Waals surface area contributed by atoms with Gasteiger partial charge in [0.1, 0.15) is 12.2 Å². The normalized spacial score (nSPS) is 14.9. The van der Waals surface area contributed by atoms with Gasteiger partial charge in [0, 0.05) is 6.42 Å². The van der Waals surface area contributed by atoms with Crippen LogP contribution in [0.25, 0.3) is 0 Å². The van der Waals surface area contributed by atoms with Gasteiger partial charge in [-0.2, -0.15) is 0 Å². The van der Waals surface area contributed by atoms with E-state index >= 15 is 0 Å². The highest BCUT2D eigenvalue weighted by Gasteiger charge is 2.36. The number of unbranched alkanes of at least 4 members (excludes halogenated alkanes) is 7. The number of ether oxygens (including phenoxy) is 3. The van der Waals surface area contributed by atoms with Crippen molar-refractivity contribution in [3.8, 4) is 17.2 Å². The Morgan fingerprint density at radius 2 is 1.51 bits per heavy atom. The van der Waals surface area contributed by atoms with Crippen LogP contribution in [0.3, 0.4) is 0 Å². The molecule has 41 heavy (non-hydrogen) atoms. The smallest absolute Gasteiger partial charge is 0.313 e. The molecule has 0 spiro atoms.